The predicted molar refractivity (Wildman–Crippen MR) is 77.6 cm³/mol. The number of rotatable bonds is 6. The summed E-state index contributed by atoms with van der Waals surface area (Å²) in [5.74, 6) is -0.250. The summed E-state index contributed by atoms with van der Waals surface area (Å²) in [5, 5.41) is 0.210. The van der Waals surface area contributed by atoms with Crippen LogP contribution in [0.2, 0.25) is 18.1 Å². The maximum absolute atomic E-state index is 11.3. The lowest BCUT2D eigenvalue weighted by atomic mass is 10.2. The van der Waals surface area contributed by atoms with Crippen molar-refractivity contribution < 1.29 is 18.7 Å². The topological polar surface area (TPSA) is 48.1 Å². The van der Waals surface area contributed by atoms with Gasteiger partial charge in [0.05, 0.1) is 12.5 Å². The van der Waals surface area contributed by atoms with Gasteiger partial charge in [-0.15, -0.1) is 0 Å². The van der Waals surface area contributed by atoms with Crippen LogP contribution in [0.25, 0.3) is 0 Å². The quantitative estimate of drug-likeness (QED) is 0.428. The number of epoxide rings is 1. The summed E-state index contributed by atoms with van der Waals surface area (Å²) in [6.07, 6.45) is 0.113. The van der Waals surface area contributed by atoms with Gasteiger partial charge in [-0.2, -0.15) is 0 Å². The Balaban J connectivity index is 2.23. The van der Waals surface area contributed by atoms with Crippen LogP contribution in [-0.4, -0.2) is 39.7 Å². The highest BCUT2D eigenvalue weighted by Gasteiger charge is 2.44. The number of hydrogen-bond donors (Lipinski definition) is 0. The van der Waals surface area contributed by atoms with Crippen LogP contribution in [0.15, 0.2) is 0 Å². The van der Waals surface area contributed by atoms with E-state index in [1.807, 2.05) is 13.8 Å². The molecule has 1 aliphatic rings. The van der Waals surface area contributed by atoms with Crippen LogP contribution in [0, 0.1) is 5.92 Å². The average molecular weight is 288 g/mol. The SMILES string of the molecule is CC(C)C(=O)OC[C@H]1O[C@H]1CO[Si](C)(C)C(C)(C)C. The van der Waals surface area contributed by atoms with E-state index in [1.54, 1.807) is 0 Å². The zero-order valence-corrected chi connectivity index (χ0v) is 14.3. The van der Waals surface area contributed by atoms with E-state index in [9.17, 15) is 4.79 Å². The van der Waals surface area contributed by atoms with Crippen molar-refractivity contribution >= 4 is 14.3 Å². The smallest absolute Gasteiger partial charge is 0.308 e. The summed E-state index contributed by atoms with van der Waals surface area (Å²) in [6, 6.07) is 0. The van der Waals surface area contributed by atoms with Gasteiger partial charge in [-0.1, -0.05) is 34.6 Å². The van der Waals surface area contributed by atoms with Crippen molar-refractivity contribution in [2.45, 2.75) is 65.0 Å². The molecule has 0 amide bonds. The Labute approximate surface area is 117 Å². The van der Waals surface area contributed by atoms with Crippen LogP contribution in [0.4, 0.5) is 0 Å². The lowest BCUT2D eigenvalue weighted by Gasteiger charge is -2.36. The maximum atomic E-state index is 11.3. The van der Waals surface area contributed by atoms with Gasteiger partial charge >= 0.3 is 5.97 Å². The summed E-state index contributed by atoms with van der Waals surface area (Å²) < 4.78 is 16.7. The molecule has 1 aliphatic heterocycles. The van der Waals surface area contributed by atoms with Gasteiger partial charge in [-0.3, -0.25) is 4.79 Å². The van der Waals surface area contributed by atoms with E-state index in [4.69, 9.17) is 13.9 Å². The van der Waals surface area contributed by atoms with Crippen molar-refractivity contribution in [2.24, 2.45) is 5.92 Å². The van der Waals surface area contributed by atoms with Gasteiger partial charge in [0.25, 0.3) is 0 Å². The predicted octanol–water partition coefficient (Wildman–Crippen LogP) is 2.97. The van der Waals surface area contributed by atoms with Crippen molar-refractivity contribution in [3.05, 3.63) is 0 Å². The van der Waals surface area contributed by atoms with Crippen LogP contribution < -0.4 is 0 Å². The maximum Gasteiger partial charge on any atom is 0.308 e. The minimum atomic E-state index is -1.71. The van der Waals surface area contributed by atoms with Crippen LogP contribution in [0.1, 0.15) is 34.6 Å². The molecule has 2 atom stereocenters. The fourth-order valence-corrected chi connectivity index (χ4v) is 2.32. The Hall–Kier alpha value is -0.393. The molecule has 1 heterocycles. The molecule has 0 spiro atoms. The first-order valence-electron chi connectivity index (χ1n) is 7.00. The summed E-state index contributed by atoms with van der Waals surface area (Å²) in [7, 11) is -1.71. The molecular weight excluding hydrogens is 260 g/mol. The van der Waals surface area contributed by atoms with Crippen LogP contribution in [0.5, 0.6) is 0 Å². The molecule has 0 saturated carbocycles. The summed E-state index contributed by atoms with van der Waals surface area (Å²) in [4.78, 5) is 11.3. The van der Waals surface area contributed by atoms with Crippen molar-refractivity contribution in [2.75, 3.05) is 13.2 Å². The molecule has 1 rings (SSSR count). The fraction of sp³-hybridized carbons (Fsp3) is 0.929. The molecule has 1 fully saturated rings. The molecule has 5 heteroatoms. The summed E-state index contributed by atoms with van der Waals surface area (Å²) in [6.45, 7) is 15.7. The Morgan fingerprint density at radius 3 is 2.21 bits per heavy atom. The Morgan fingerprint density at radius 2 is 1.74 bits per heavy atom. The molecule has 19 heavy (non-hydrogen) atoms. The first-order chi connectivity index (χ1) is 8.54. The average Bonchev–Trinajstić information content (AvgIpc) is 3.00. The molecule has 4 nitrogen and oxygen atoms in total. The third-order valence-electron chi connectivity index (χ3n) is 3.96. The van der Waals surface area contributed by atoms with E-state index in [-0.39, 0.29) is 29.1 Å². The largest absolute Gasteiger partial charge is 0.463 e. The van der Waals surface area contributed by atoms with Gasteiger partial charge < -0.3 is 13.9 Å². The Kier molecular flexibility index (Phi) is 5.20. The normalized spacial score (nSPS) is 23.6. The third kappa shape index (κ3) is 4.89. The molecule has 112 valence electrons. The number of hydrogen-bond acceptors (Lipinski definition) is 4. The standard InChI is InChI=1S/C14H28O4Si/c1-10(2)13(15)16-8-11-12(18-11)9-17-19(6,7)14(3,4)5/h10-12H,8-9H2,1-7H3/t11-,12+/m1/s1. The molecule has 0 aromatic rings. The van der Waals surface area contributed by atoms with Gasteiger partial charge in [-0.05, 0) is 18.1 Å². The zero-order valence-electron chi connectivity index (χ0n) is 13.3. The molecule has 0 aliphatic carbocycles. The summed E-state index contributed by atoms with van der Waals surface area (Å²) in [5.41, 5.74) is 0. The second kappa shape index (κ2) is 5.93. The first-order valence-corrected chi connectivity index (χ1v) is 9.91. The van der Waals surface area contributed by atoms with Gasteiger partial charge in [0.15, 0.2) is 8.32 Å². The van der Waals surface area contributed by atoms with Crippen LogP contribution >= 0.6 is 0 Å². The van der Waals surface area contributed by atoms with Crippen molar-refractivity contribution in [1.82, 2.24) is 0 Å². The highest BCUT2D eigenvalue weighted by molar-refractivity contribution is 6.74. The molecule has 0 N–H and O–H groups in total. The molecular formula is C14H28O4Si. The number of ether oxygens (including phenoxy) is 2. The van der Waals surface area contributed by atoms with Crippen molar-refractivity contribution in [3.8, 4) is 0 Å². The van der Waals surface area contributed by atoms with Crippen molar-refractivity contribution in [3.63, 3.8) is 0 Å². The number of carbonyl (C=O) groups is 1. The summed E-state index contributed by atoms with van der Waals surface area (Å²) >= 11 is 0. The Morgan fingerprint density at radius 1 is 1.21 bits per heavy atom. The van der Waals surface area contributed by atoms with E-state index >= 15 is 0 Å². The van der Waals surface area contributed by atoms with Crippen molar-refractivity contribution in [1.29, 1.82) is 0 Å². The van der Waals surface area contributed by atoms with Gasteiger partial charge in [-0.25, -0.2) is 0 Å². The van der Waals surface area contributed by atoms with Gasteiger partial charge in [0, 0.05) is 0 Å². The monoisotopic (exact) mass is 288 g/mol. The van der Waals surface area contributed by atoms with Gasteiger partial charge in [0.2, 0.25) is 0 Å². The van der Waals surface area contributed by atoms with E-state index in [2.05, 4.69) is 33.9 Å². The highest BCUT2D eigenvalue weighted by atomic mass is 28.4. The van der Waals surface area contributed by atoms with Crippen LogP contribution in [-0.2, 0) is 18.7 Å². The minimum Gasteiger partial charge on any atom is -0.463 e. The van der Waals surface area contributed by atoms with E-state index in [1.165, 1.54) is 0 Å². The fourth-order valence-electron chi connectivity index (χ4n) is 1.31. The number of carbonyl (C=O) groups excluding carboxylic acids is 1. The van der Waals surface area contributed by atoms with E-state index < -0.39 is 8.32 Å². The molecule has 0 aromatic carbocycles. The van der Waals surface area contributed by atoms with E-state index in [0.29, 0.717) is 13.2 Å². The molecule has 0 unspecified atom stereocenters. The second-order valence-electron chi connectivity index (χ2n) is 7.07. The second-order valence-corrected chi connectivity index (χ2v) is 11.9. The van der Waals surface area contributed by atoms with E-state index in [0.717, 1.165) is 0 Å². The molecule has 0 radical (unpaired) electrons. The van der Waals surface area contributed by atoms with Gasteiger partial charge in [0.1, 0.15) is 18.8 Å². The zero-order chi connectivity index (χ0) is 14.8. The lowest BCUT2D eigenvalue weighted by Crippen LogP contribution is -2.41. The molecule has 0 aromatic heterocycles. The minimum absolute atomic E-state index is 0.0208. The molecule has 0 bridgehead atoms. The number of esters is 1. The molecule has 1 saturated heterocycles. The lowest BCUT2D eigenvalue weighted by molar-refractivity contribution is -0.147. The first kappa shape index (κ1) is 16.7. The third-order valence-corrected chi connectivity index (χ3v) is 8.46. The van der Waals surface area contributed by atoms with Crippen LogP contribution in [0.3, 0.4) is 0 Å². The Bertz CT molecular complexity index is 320. The highest BCUT2D eigenvalue weighted by Crippen LogP contribution is 2.37.